The minimum absolute atomic E-state index is 0.227. The molecule has 1 aromatic heterocycles. The van der Waals surface area contributed by atoms with E-state index < -0.39 is 6.36 Å². The molecule has 0 unspecified atom stereocenters. The third kappa shape index (κ3) is 5.73. The quantitative estimate of drug-likeness (QED) is 0.665. The van der Waals surface area contributed by atoms with Crippen molar-refractivity contribution in [2.45, 2.75) is 12.9 Å². The molecule has 144 valence electrons. The Kier molecular flexibility index (Phi) is 5.78. The van der Waals surface area contributed by atoms with Crippen LogP contribution in [0.1, 0.15) is 15.9 Å². The Bertz CT molecular complexity index is 912. The molecule has 0 bridgehead atoms. The second-order valence-corrected chi connectivity index (χ2v) is 5.69. The topological polar surface area (TPSA) is 60.5 Å². The van der Waals surface area contributed by atoms with E-state index in [2.05, 4.69) is 15.0 Å². The fourth-order valence-electron chi connectivity index (χ4n) is 2.30. The number of halogens is 3. The van der Waals surface area contributed by atoms with Gasteiger partial charge in [-0.25, -0.2) is 0 Å². The van der Waals surface area contributed by atoms with Gasteiger partial charge in [0.15, 0.2) is 0 Å². The van der Waals surface area contributed by atoms with Crippen LogP contribution in [0.25, 0.3) is 0 Å². The van der Waals surface area contributed by atoms with Gasteiger partial charge in [0.05, 0.1) is 5.56 Å². The second-order valence-electron chi connectivity index (χ2n) is 5.69. The highest BCUT2D eigenvalue weighted by atomic mass is 19.4. The summed E-state index contributed by atoms with van der Waals surface area (Å²) in [4.78, 5) is 15.9. The summed E-state index contributed by atoms with van der Waals surface area (Å²) < 4.78 is 45.8. The van der Waals surface area contributed by atoms with E-state index in [1.807, 2.05) is 0 Å². The molecule has 3 aromatic rings. The van der Waals surface area contributed by atoms with Gasteiger partial charge in [0, 0.05) is 18.9 Å². The van der Waals surface area contributed by atoms with Gasteiger partial charge >= 0.3 is 6.36 Å². The van der Waals surface area contributed by atoms with E-state index in [-0.39, 0.29) is 11.7 Å². The SMILES string of the molecule is O=C(NCc1ccc(Oc2ccc(OC(F)(F)F)cc2)cc1)c1cccnc1. The number of amides is 1. The Labute approximate surface area is 158 Å². The minimum Gasteiger partial charge on any atom is -0.457 e. The van der Waals surface area contributed by atoms with Crippen molar-refractivity contribution in [2.75, 3.05) is 0 Å². The average Bonchev–Trinajstić information content (AvgIpc) is 2.68. The molecule has 0 aliphatic heterocycles. The van der Waals surface area contributed by atoms with Crippen molar-refractivity contribution in [2.24, 2.45) is 0 Å². The summed E-state index contributed by atoms with van der Waals surface area (Å²) in [5.74, 6) is 0.327. The third-order valence-corrected chi connectivity index (χ3v) is 3.59. The third-order valence-electron chi connectivity index (χ3n) is 3.59. The molecule has 28 heavy (non-hydrogen) atoms. The van der Waals surface area contributed by atoms with Crippen molar-refractivity contribution in [1.82, 2.24) is 10.3 Å². The molecule has 3 rings (SSSR count). The Balaban J connectivity index is 1.53. The molecule has 0 radical (unpaired) electrons. The predicted molar refractivity (Wildman–Crippen MR) is 95.0 cm³/mol. The minimum atomic E-state index is -4.73. The highest BCUT2D eigenvalue weighted by Gasteiger charge is 2.30. The van der Waals surface area contributed by atoms with Gasteiger partial charge in [-0.3, -0.25) is 9.78 Å². The lowest BCUT2D eigenvalue weighted by atomic mass is 10.2. The van der Waals surface area contributed by atoms with Crippen molar-refractivity contribution in [3.05, 3.63) is 84.2 Å². The number of nitrogens with one attached hydrogen (secondary N) is 1. The lowest BCUT2D eigenvalue weighted by molar-refractivity contribution is -0.274. The van der Waals surface area contributed by atoms with Gasteiger partial charge in [-0.2, -0.15) is 0 Å². The van der Waals surface area contributed by atoms with Crippen LogP contribution in [0.15, 0.2) is 73.1 Å². The number of hydrogen-bond acceptors (Lipinski definition) is 4. The fraction of sp³-hybridized carbons (Fsp3) is 0.100. The smallest absolute Gasteiger partial charge is 0.457 e. The van der Waals surface area contributed by atoms with Crippen LogP contribution in [0.3, 0.4) is 0 Å². The van der Waals surface area contributed by atoms with Crippen molar-refractivity contribution in [3.63, 3.8) is 0 Å². The van der Waals surface area contributed by atoms with Gasteiger partial charge in [-0.1, -0.05) is 12.1 Å². The first-order chi connectivity index (χ1) is 13.4. The first-order valence-corrected chi connectivity index (χ1v) is 8.20. The average molecular weight is 388 g/mol. The maximum Gasteiger partial charge on any atom is 0.573 e. The van der Waals surface area contributed by atoms with Crippen LogP contribution in [0.5, 0.6) is 17.2 Å². The molecule has 0 spiro atoms. The van der Waals surface area contributed by atoms with E-state index in [0.29, 0.717) is 23.6 Å². The molecular formula is C20H15F3N2O3. The fourth-order valence-corrected chi connectivity index (χ4v) is 2.30. The molecular weight excluding hydrogens is 373 g/mol. The maximum atomic E-state index is 12.2. The molecule has 0 aliphatic rings. The number of carbonyl (C=O) groups is 1. The largest absolute Gasteiger partial charge is 0.573 e. The van der Waals surface area contributed by atoms with Crippen molar-refractivity contribution >= 4 is 5.91 Å². The first kappa shape index (κ1) is 19.2. The Morgan fingerprint density at radius 3 is 2.11 bits per heavy atom. The molecule has 1 amide bonds. The number of hydrogen-bond donors (Lipinski definition) is 1. The molecule has 1 N–H and O–H groups in total. The standard InChI is InChI=1S/C20H15F3N2O3/c21-20(22,23)28-18-9-7-17(8-10-18)27-16-5-3-14(4-6-16)12-25-19(26)15-2-1-11-24-13-15/h1-11,13H,12H2,(H,25,26). The number of nitrogens with zero attached hydrogens (tertiary/aromatic N) is 1. The molecule has 1 heterocycles. The lowest BCUT2D eigenvalue weighted by Gasteiger charge is -2.10. The van der Waals surface area contributed by atoms with Crippen LogP contribution in [0.4, 0.5) is 13.2 Å². The molecule has 8 heteroatoms. The van der Waals surface area contributed by atoms with Crippen LogP contribution in [0, 0.1) is 0 Å². The summed E-state index contributed by atoms with van der Waals surface area (Å²) >= 11 is 0. The zero-order valence-electron chi connectivity index (χ0n) is 14.4. The van der Waals surface area contributed by atoms with Crippen LogP contribution < -0.4 is 14.8 Å². The molecule has 0 atom stereocenters. The number of aromatic nitrogens is 1. The summed E-state index contributed by atoms with van der Waals surface area (Å²) in [6.45, 7) is 0.331. The first-order valence-electron chi connectivity index (χ1n) is 8.20. The number of alkyl halides is 3. The summed E-state index contributed by atoms with van der Waals surface area (Å²) in [6, 6.07) is 15.4. The van der Waals surface area contributed by atoms with Gasteiger partial charge in [-0.05, 0) is 54.1 Å². The summed E-state index contributed by atoms with van der Waals surface area (Å²) in [5, 5.41) is 2.78. The highest BCUT2D eigenvalue weighted by Crippen LogP contribution is 2.27. The number of benzene rings is 2. The normalized spacial score (nSPS) is 11.0. The van der Waals surface area contributed by atoms with Crippen molar-refractivity contribution in [1.29, 1.82) is 0 Å². The summed E-state index contributed by atoms with van der Waals surface area (Å²) in [6.07, 6.45) is -1.66. The van der Waals surface area contributed by atoms with Gasteiger partial charge in [0.1, 0.15) is 17.2 Å². The van der Waals surface area contributed by atoms with E-state index in [9.17, 15) is 18.0 Å². The van der Waals surface area contributed by atoms with Gasteiger partial charge in [0.25, 0.3) is 5.91 Å². The van der Waals surface area contributed by atoms with E-state index in [1.54, 1.807) is 42.6 Å². The van der Waals surface area contributed by atoms with E-state index >= 15 is 0 Å². The zero-order chi connectivity index (χ0) is 20.0. The summed E-state index contributed by atoms with van der Waals surface area (Å²) in [7, 11) is 0. The van der Waals surface area contributed by atoms with Crippen LogP contribution in [-0.2, 0) is 6.54 Å². The van der Waals surface area contributed by atoms with Crippen LogP contribution in [0.2, 0.25) is 0 Å². The van der Waals surface area contributed by atoms with Crippen LogP contribution >= 0.6 is 0 Å². The monoisotopic (exact) mass is 388 g/mol. The maximum absolute atomic E-state index is 12.2. The highest BCUT2D eigenvalue weighted by molar-refractivity contribution is 5.93. The van der Waals surface area contributed by atoms with Crippen LogP contribution in [-0.4, -0.2) is 17.3 Å². The molecule has 5 nitrogen and oxygen atoms in total. The molecule has 0 fully saturated rings. The molecule has 0 saturated carbocycles. The Morgan fingerprint density at radius 1 is 0.929 bits per heavy atom. The predicted octanol–water partition coefficient (Wildman–Crippen LogP) is 4.70. The van der Waals surface area contributed by atoms with Gasteiger partial charge in [-0.15, -0.1) is 13.2 Å². The zero-order valence-corrected chi connectivity index (χ0v) is 14.4. The number of rotatable bonds is 6. The van der Waals surface area contributed by atoms with E-state index in [0.717, 1.165) is 5.56 Å². The lowest BCUT2D eigenvalue weighted by Crippen LogP contribution is -2.22. The summed E-state index contributed by atoms with van der Waals surface area (Å²) in [5.41, 5.74) is 1.33. The molecule has 0 aliphatic carbocycles. The Morgan fingerprint density at radius 2 is 1.54 bits per heavy atom. The molecule has 0 saturated heterocycles. The number of pyridine rings is 1. The number of ether oxygens (including phenoxy) is 2. The van der Waals surface area contributed by atoms with E-state index in [4.69, 9.17) is 4.74 Å². The van der Waals surface area contributed by atoms with Crippen molar-refractivity contribution in [3.8, 4) is 17.2 Å². The molecule has 2 aromatic carbocycles. The van der Waals surface area contributed by atoms with Crippen molar-refractivity contribution < 1.29 is 27.4 Å². The Hall–Kier alpha value is -3.55. The van der Waals surface area contributed by atoms with Gasteiger partial charge in [0.2, 0.25) is 0 Å². The van der Waals surface area contributed by atoms with E-state index in [1.165, 1.54) is 30.5 Å². The number of carbonyl (C=O) groups excluding carboxylic acids is 1. The second kappa shape index (κ2) is 8.43. The van der Waals surface area contributed by atoms with Gasteiger partial charge < -0.3 is 14.8 Å².